The number of hydrogen-bond acceptors (Lipinski definition) is 3. The second-order valence-electron chi connectivity index (χ2n) is 10.1. The van der Waals surface area contributed by atoms with E-state index < -0.39 is 23.6 Å². The molecule has 4 aromatic rings. The molecule has 0 radical (unpaired) electrons. The zero-order valence-electron chi connectivity index (χ0n) is 22.8. The molecule has 0 unspecified atom stereocenters. The Morgan fingerprint density at radius 3 is 2.15 bits per heavy atom. The van der Waals surface area contributed by atoms with Gasteiger partial charge >= 0.3 is 6.18 Å². The molecule has 208 valence electrons. The first-order valence-electron chi connectivity index (χ1n) is 12.9. The topological polar surface area (TPSA) is 67.2 Å². The number of carbonyl (C=O) groups excluding carboxylic acids is 2. The van der Waals surface area contributed by atoms with Gasteiger partial charge in [-0.1, -0.05) is 62.4 Å². The molecule has 1 N–H and O–H groups in total. The lowest BCUT2D eigenvalue weighted by atomic mass is 10.1. The number of para-hydroxylation sites is 1. The number of benzene rings is 3. The van der Waals surface area contributed by atoms with Gasteiger partial charge in [0, 0.05) is 17.7 Å². The number of rotatable bonds is 8. The molecule has 9 heteroatoms. The van der Waals surface area contributed by atoms with E-state index in [-0.39, 0.29) is 24.6 Å². The number of amides is 2. The summed E-state index contributed by atoms with van der Waals surface area (Å²) >= 11 is 0. The van der Waals surface area contributed by atoms with Crippen molar-refractivity contribution in [2.75, 3.05) is 18.4 Å². The lowest BCUT2D eigenvalue weighted by Crippen LogP contribution is -2.40. The van der Waals surface area contributed by atoms with Crippen LogP contribution in [0.2, 0.25) is 0 Å². The van der Waals surface area contributed by atoms with Crippen LogP contribution in [-0.2, 0) is 11.0 Å². The quantitative estimate of drug-likeness (QED) is 0.260. The Hall–Kier alpha value is -4.40. The Kier molecular flexibility index (Phi) is 8.42. The van der Waals surface area contributed by atoms with Crippen molar-refractivity contribution in [3.8, 4) is 16.8 Å². The molecule has 0 atom stereocenters. The van der Waals surface area contributed by atoms with E-state index in [0.29, 0.717) is 11.5 Å². The van der Waals surface area contributed by atoms with Crippen LogP contribution in [-0.4, -0.2) is 39.6 Å². The SMILES string of the molecule is Cc1ccccc1-n1nc(C)c(-c2ccccc2)c1NC(=O)CN(CC(C)C)C(=O)c1ccc(C(F)(F)F)cc1. The van der Waals surface area contributed by atoms with Crippen LogP contribution in [0.3, 0.4) is 0 Å². The van der Waals surface area contributed by atoms with Crippen molar-refractivity contribution in [2.24, 2.45) is 5.92 Å². The highest BCUT2D eigenvalue weighted by Gasteiger charge is 2.31. The molecule has 0 aliphatic rings. The molecule has 2 amide bonds. The molecule has 6 nitrogen and oxygen atoms in total. The van der Waals surface area contributed by atoms with Crippen LogP contribution < -0.4 is 5.32 Å². The van der Waals surface area contributed by atoms with E-state index in [1.54, 1.807) is 4.68 Å². The molecule has 0 bridgehead atoms. The molecule has 3 aromatic carbocycles. The molecule has 1 aromatic heterocycles. The summed E-state index contributed by atoms with van der Waals surface area (Å²) in [6.45, 7) is 7.57. The van der Waals surface area contributed by atoms with Gasteiger partial charge < -0.3 is 10.2 Å². The third-order valence-corrected chi connectivity index (χ3v) is 6.39. The average molecular weight is 549 g/mol. The molecular formula is C31H31F3N4O2. The number of aryl methyl sites for hydroxylation is 2. The van der Waals surface area contributed by atoms with E-state index in [4.69, 9.17) is 5.10 Å². The zero-order chi connectivity index (χ0) is 29.0. The highest BCUT2D eigenvalue weighted by molar-refractivity contribution is 6.01. The van der Waals surface area contributed by atoms with Crippen molar-refractivity contribution >= 4 is 17.6 Å². The standard InChI is InChI=1S/C31H31F3N4O2/c1-20(2)18-37(30(40)24-14-16-25(17-15-24)31(32,33)34)19-27(39)35-29-28(23-11-6-5-7-12-23)22(4)36-38(29)26-13-9-8-10-21(26)3/h5-17,20H,18-19H2,1-4H3,(H,35,39). The molecule has 1 heterocycles. The molecule has 0 spiro atoms. The van der Waals surface area contributed by atoms with Gasteiger partial charge in [-0.25, -0.2) is 4.68 Å². The molecular weight excluding hydrogens is 517 g/mol. The third kappa shape index (κ3) is 6.42. The molecule has 0 saturated carbocycles. The number of nitrogens with zero attached hydrogens (tertiary/aromatic N) is 3. The first-order valence-corrected chi connectivity index (χ1v) is 12.9. The Morgan fingerprint density at radius 2 is 1.55 bits per heavy atom. The van der Waals surface area contributed by atoms with Crippen molar-refractivity contribution < 1.29 is 22.8 Å². The van der Waals surface area contributed by atoms with Crippen LogP contribution in [0.4, 0.5) is 19.0 Å². The Labute approximate surface area is 231 Å². The van der Waals surface area contributed by atoms with Gasteiger partial charge in [-0.2, -0.15) is 18.3 Å². The van der Waals surface area contributed by atoms with Crippen LogP contribution in [0, 0.1) is 19.8 Å². The van der Waals surface area contributed by atoms with Gasteiger partial charge in [0.2, 0.25) is 5.91 Å². The van der Waals surface area contributed by atoms with Crippen LogP contribution >= 0.6 is 0 Å². The summed E-state index contributed by atoms with van der Waals surface area (Å²) in [7, 11) is 0. The first-order chi connectivity index (χ1) is 19.0. The maximum absolute atomic E-state index is 13.5. The minimum absolute atomic E-state index is 0.0193. The van der Waals surface area contributed by atoms with Gasteiger partial charge in [0.25, 0.3) is 5.91 Å². The van der Waals surface area contributed by atoms with Crippen molar-refractivity contribution in [1.82, 2.24) is 14.7 Å². The third-order valence-electron chi connectivity index (χ3n) is 6.39. The molecule has 40 heavy (non-hydrogen) atoms. The Morgan fingerprint density at radius 1 is 0.925 bits per heavy atom. The largest absolute Gasteiger partial charge is 0.416 e. The van der Waals surface area contributed by atoms with Gasteiger partial charge in [0.1, 0.15) is 12.4 Å². The zero-order valence-corrected chi connectivity index (χ0v) is 22.8. The van der Waals surface area contributed by atoms with Gasteiger partial charge in [0.05, 0.1) is 16.9 Å². The lowest BCUT2D eigenvalue weighted by molar-refractivity contribution is -0.137. The molecule has 0 fully saturated rings. The number of hydrogen-bond donors (Lipinski definition) is 1. The van der Waals surface area contributed by atoms with E-state index in [0.717, 1.165) is 46.6 Å². The minimum Gasteiger partial charge on any atom is -0.329 e. The fourth-order valence-electron chi connectivity index (χ4n) is 4.56. The Bertz CT molecular complexity index is 1490. The maximum atomic E-state index is 13.5. The highest BCUT2D eigenvalue weighted by Crippen LogP contribution is 2.34. The average Bonchev–Trinajstić information content (AvgIpc) is 3.22. The van der Waals surface area contributed by atoms with Gasteiger partial charge in [0.15, 0.2) is 0 Å². The summed E-state index contributed by atoms with van der Waals surface area (Å²) in [5, 5.41) is 7.72. The summed E-state index contributed by atoms with van der Waals surface area (Å²) in [6, 6.07) is 21.3. The monoisotopic (exact) mass is 548 g/mol. The maximum Gasteiger partial charge on any atom is 0.416 e. The summed E-state index contributed by atoms with van der Waals surface area (Å²) < 4.78 is 40.7. The predicted octanol–water partition coefficient (Wildman–Crippen LogP) is 6.91. The number of aromatic nitrogens is 2. The summed E-state index contributed by atoms with van der Waals surface area (Å²) in [5.74, 6) is -0.488. The lowest BCUT2D eigenvalue weighted by Gasteiger charge is -2.24. The fraction of sp³-hybridized carbons (Fsp3) is 0.258. The van der Waals surface area contributed by atoms with Gasteiger partial charge in [-0.3, -0.25) is 9.59 Å². The smallest absolute Gasteiger partial charge is 0.329 e. The summed E-state index contributed by atoms with van der Waals surface area (Å²) in [5.41, 5.74) is 3.32. The van der Waals surface area contributed by atoms with Crippen molar-refractivity contribution in [3.05, 3.63) is 101 Å². The number of anilines is 1. The van der Waals surface area contributed by atoms with Crippen molar-refractivity contribution in [3.63, 3.8) is 0 Å². The van der Waals surface area contributed by atoms with Crippen LogP contribution in [0.15, 0.2) is 78.9 Å². The van der Waals surface area contributed by atoms with Crippen LogP contribution in [0.25, 0.3) is 16.8 Å². The van der Waals surface area contributed by atoms with E-state index in [1.165, 1.54) is 4.90 Å². The summed E-state index contributed by atoms with van der Waals surface area (Å²) in [6.07, 6.45) is -4.51. The number of alkyl halides is 3. The minimum atomic E-state index is -4.51. The molecule has 0 aliphatic heterocycles. The number of halogens is 3. The molecule has 0 saturated heterocycles. The second-order valence-corrected chi connectivity index (χ2v) is 10.1. The first kappa shape index (κ1) is 28.6. The summed E-state index contributed by atoms with van der Waals surface area (Å²) in [4.78, 5) is 28.1. The van der Waals surface area contributed by atoms with E-state index in [9.17, 15) is 22.8 Å². The van der Waals surface area contributed by atoms with Crippen molar-refractivity contribution in [1.29, 1.82) is 0 Å². The Balaban J connectivity index is 1.67. The van der Waals surface area contributed by atoms with Crippen molar-refractivity contribution in [2.45, 2.75) is 33.9 Å². The molecule has 0 aliphatic carbocycles. The van der Waals surface area contributed by atoms with Crippen LogP contribution in [0.1, 0.15) is 41.0 Å². The van der Waals surface area contributed by atoms with Crippen LogP contribution in [0.5, 0.6) is 0 Å². The van der Waals surface area contributed by atoms with E-state index in [2.05, 4.69) is 5.32 Å². The number of nitrogens with one attached hydrogen (secondary N) is 1. The normalized spacial score (nSPS) is 11.5. The fourth-order valence-corrected chi connectivity index (χ4v) is 4.56. The van der Waals surface area contributed by atoms with Gasteiger partial charge in [-0.15, -0.1) is 0 Å². The van der Waals surface area contributed by atoms with E-state index in [1.807, 2.05) is 82.3 Å². The highest BCUT2D eigenvalue weighted by atomic mass is 19.4. The number of carbonyl (C=O) groups is 2. The van der Waals surface area contributed by atoms with E-state index >= 15 is 0 Å². The predicted molar refractivity (Wildman–Crippen MR) is 149 cm³/mol. The second kappa shape index (κ2) is 11.8. The molecule has 4 rings (SSSR count). The van der Waals surface area contributed by atoms with Gasteiger partial charge in [-0.05, 0) is 61.2 Å².